The molecule has 2 aliphatic rings. The van der Waals surface area contributed by atoms with Crippen LogP contribution in [0.4, 0.5) is 0 Å². The molecule has 0 aliphatic carbocycles. The third-order valence-electron chi connectivity index (χ3n) is 6.57. The number of rotatable bonds is 6. The van der Waals surface area contributed by atoms with Crippen LogP contribution in [-0.4, -0.2) is 55.0 Å². The van der Waals surface area contributed by atoms with E-state index in [2.05, 4.69) is 46.2 Å². The minimum atomic E-state index is 0.0749. The Bertz CT molecular complexity index is 776. The van der Waals surface area contributed by atoms with E-state index in [1.54, 1.807) is 7.11 Å². The number of piperidine rings is 1. The third kappa shape index (κ3) is 4.81. The molecule has 154 valence electrons. The van der Waals surface area contributed by atoms with E-state index in [1.165, 1.54) is 31.5 Å². The van der Waals surface area contributed by atoms with Crippen LogP contribution < -0.4 is 4.74 Å². The van der Waals surface area contributed by atoms with E-state index in [-0.39, 0.29) is 11.8 Å². The average molecular weight is 393 g/mol. The van der Waals surface area contributed by atoms with Crippen molar-refractivity contribution in [3.63, 3.8) is 0 Å². The molecule has 4 heteroatoms. The average Bonchev–Trinajstić information content (AvgIpc) is 3.33. The van der Waals surface area contributed by atoms with Crippen LogP contribution in [-0.2, 0) is 4.79 Å². The summed E-state index contributed by atoms with van der Waals surface area (Å²) in [5.41, 5.74) is 2.36. The molecule has 29 heavy (non-hydrogen) atoms. The Morgan fingerprint density at radius 1 is 0.931 bits per heavy atom. The van der Waals surface area contributed by atoms with Crippen molar-refractivity contribution in [1.82, 2.24) is 9.80 Å². The second-order valence-corrected chi connectivity index (χ2v) is 8.30. The first-order valence-electron chi connectivity index (χ1n) is 11.0. The molecule has 1 amide bonds. The fourth-order valence-electron chi connectivity index (χ4n) is 4.84. The maximum Gasteiger partial charge on any atom is 0.223 e. The quantitative estimate of drug-likeness (QED) is 0.735. The van der Waals surface area contributed by atoms with Gasteiger partial charge in [0.2, 0.25) is 5.91 Å². The molecule has 0 radical (unpaired) electrons. The zero-order chi connectivity index (χ0) is 20.1. The van der Waals surface area contributed by atoms with Crippen molar-refractivity contribution in [2.75, 3.05) is 33.3 Å². The van der Waals surface area contributed by atoms with Gasteiger partial charge in [0.05, 0.1) is 7.11 Å². The second kappa shape index (κ2) is 9.45. The summed E-state index contributed by atoms with van der Waals surface area (Å²) >= 11 is 0. The van der Waals surface area contributed by atoms with Crippen LogP contribution in [0.15, 0.2) is 54.6 Å². The van der Waals surface area contributed by atoms with Crippen LogP contribution in [0, 0.1) is 0 Å². The molecule has 2 fully saturated rings. The maximum atomic E-state index is 13.2. The fraction of sp³-hybridized carbons (Fsp3) is 0.480. The summed E-state index contributed by atoms with van der Waals surface area (Å²) in [7, 11) is 1.68. The number of ether oxygens (including phenoxy) is 1. The number of likely N-dealkylation sites (tertiary alicyclic amines) is 2. The molecule has 0 N–H and O–H groups in total. The van der Waals surface area contributed by atoms with Crippen LogP contribution in [0.5, 0.6) is 5.75 Å². The lowest BCUT2D eigenvalue weighted by molar-refractivity contribution is -0.133. The second-order valence-electron chi connectivity index (χ2n) is 8.30. The summed E-state index contributed by atoms with van der Waals surface area (Å²) in [6.07, 6.45) is 5.42. The minimum absolute atomic E-state index is 0.0749. The molecule has 0 aromatic heterocycles. The van der Waals surface area contributed by atoms with E-state index in [1.807, 2.05) is 18.2 Å². The van der Waals surface area contributed by atoms with E-state index in [9.17, 15) is 4.79 Å². The van der Waals surface area contributed by atoms with Crippen molar-refractivity contribution >= 4 is 5.91 Å². The Labute approximate surface area is 174 Å². The zero-order valence-electron chi connectivity index (χ0n) is 17.4. The Morgan fingerprint density at radius 3 is 2.17 bits per heavy atom. The van der Waals surface area contributed by atoms with E-state index >= 15 is 0 Å². The van der Waals surface area contributed by atoms with Crippen LogP contribution in [0.3, 0.4) is 0 Å². The summed E-state index contributed by atoms with van der Waals surface area (Å²) in [5.74, 6) is 1.19. The highest BCUT2D eigenvalue weighted by atomic mass is 16.5. The van der Waals surface area contributed by atoms with Crippen molar-refractivity contribution in [3.05, 3.63) is 65.7 Å². The fourth-order valence-corrected chi connectivity index (χ4v) is 4.84. The lowest BCUT2D eigenvalue weighted by atomic mass is 9.87. The van der Waals surface area contributed by atoms with Gasteiger partial charge >= 0.3 is 0 Å². The van der Waals surface area contributed by atoms with Crippen LogP contribution >= 0.6 is 0 Å². The summed E-state index contributed by atoms with van der Waals surface area (Å²) in [5, 5.41) is 0. The van der Waals surface area contributed by atoms with Crippen LogP contribution in [0.1, 0.15) is 49.1 Å². The molecular formula is C25H32N2O2. The van der Waals surface area contributed by atoms with Gasteiger partial charge in [-0.2, -0.15) is 0 Å². The SMILES string of the molecule is COc1ccc(C(CC(=O)N2CCC(N3CCCC3)CC2)c2ccccc2)cc1. The molecule has 2 aliphatic heterocycles. The highest BCUT2D eigenvalue weighted by Crippen LogP contribution is 2.31. The summed E-state index contributed by atoms with van der Waals surface area (Å²) in [6.45, 7) is 4.27. The van der Waals surface area contributed by atoms with Gasteiger partial charge in [-0.25, -0.2) is 0 Å². The van der Waals surface area contributed by atoms with E-state index < -0.39 is 0 Å². The summed E-state index contributed by atoms with van der Waals surface area (Å²) in [4.78, 5) is 17.9. The summed E-state index contributed by atoms with van der Waals surface area (Å²) < 4.78 is 5.30. The number of hydrogen-bond acceptors (Lipinski definition) is 3. The van der Waals surface area contributed by atoms with E-state index in [0.29, 0.717) is 12.5 Å². The Balaban J connectivity index is 1.43. The largest absolute Gasteiger partial charge is 0.497 e. The van der Waals surface area contributed by atoms with Gasteiger partial charge in [-0.15, -0.1) is 0 Å². The monoisotopic (exact) mass is 392 g/mol. The van der Waals surface area contributed by atoms with Gasteiger partial charge < -0.3 is 14.5 Å². The molecule has 0 spiro atoms. The molecule has 0 bridgehead atoms. The van der Waals surface area contributed by atoms with Crippen molar-refractivity contribution in [1.29, 1.82) is 0 Å². The number of methoxy groups -OCH3 is 1. The highest BCUT2D eigenvalue weighted by molar-refractivity contribution is 5.78. The Kier molecular flexibility index (Phi) is 6.50. The third-order valence-corrected chi connectivity index (χ3v) is 6.57. The predicted octanol–water partition coefficient (Wildman–Crippen LogP) is 4.30. The first-order chi connectivity index (χ1) is 14.2. The normalized spacial score (nSPS) is 19.3. The van der Waals surface area contributed by atoms with Gasteiger partial charge in [0.25, 0.3) is 0 Å². The topological polar surface area (TPSA) is 32.8 Å². The number of carbonyl (C=O) groups excluding carboxylic acids is 1. The molecule has 2 saturated heterocycles. The van der Waals surface area contributed by atoms with Gasteiger partial charge in [-0.3, -0.25) is 4.79 Å². The molecule has 4 rings (SSSR count). The molecule has 1 unspecified atom stereocenters. The van der Waals surface area contributed by atoms with Gasteiger partial charge in [0.15, 0.2) is 0 Å². The van der Waals surface area contributed by atoms with E-state index in [4.69, 9.17) is 4.74 Å². The van der Waals surface area contributed by atoms with Gasteiger partial charge in [0, 0.05) is 31.5 Å². The number of amides is 1. The minimum Gasteiger partial charge on any atom is -0.497 e. The van der Waals surface area contributed by atoms with Crippen molar-refractivity contribution in [2.24, 2.45) is 0 Å². The van der Waals surface area contributed by atoms with Gasteiger partial charge in [0.1, 0.15) is 5.75 Å². The number of hydrogen-bond donors (Lipinski definition) is 0. The molecule has 2 aromatic rings. The maximum absolute atomic E-state index is 13.2. The van der Waals surface area contributed by atoms with E-state index in [0.717, 1.165) is 37.2 Å². The van der Waals surface area contributed by atoms with Crippen LogP contribution in [0.2, 0.25) is 0 Å². The first kappa shape index (κ1) is 20.0. The lowest BCUT2D eigenvalue weighted by Crippen LogP contribution is -2.46. The first-order valence-corrected chi connectivity index (χ1v) is 11.0. The highest BCUT2D eigenvalue weighted by Gasteiger charge is 2.29. The number of benzene rings is 2. The molecule has 0 saturated carbocycles. The smallest absolute Gasteiger partial charge is 0.223 e. The number of nitrogens with zero attached hydrogens (tertiary/aromatic N) is 2. The van der Waals surface area contributed by atoms with Crippen LogP contribution in [0.25, 0.3) is 0 Å². The zero-order valence-corrected chi connectivity index (χ0v) is 17.4. The molecule has 4 nitrogen and oxygen atoms in total. The molecule has 2 aromatic carbocycles. The summed E-state index contributed by atoms with van der Waals surface area (Å²) in [6, 6.07) is 19.2. The standard InChI is InChI=1S/C25H32N2O2/c1-29-23-11-9-21(10-12-23)24(20-7-3-2-4-8-20)19-25(28)27-17-13-22(14-18-27)26-15-5-6-16-26/h2-4,7-12,22,24H,5-6,13-19H2,1H3. The van der Waals surface area contributed by atoms with Gasteiger partial charge in [-0.05, 0) is 62.0 Å². The molecular weight excluding hydrogens is 360 g/mol. The molecule has 1 atom stereocenters. The molecule has 2 heterocycles. The number of carbonyl (C=O) groups is 1. The van der Waals surface area contributed by atoms with Crippen molar-refractivity contribution in [3.8, 4) is 5.75 Å². The van der Waals surface area contributed by atoms with Crippen molar-refractivity contribution < 1.29 is 9.53 Å². The Morgan fingerprint density at radius 2 is 1.55 bits per heavy atom. The van der Waals surface area contributed by atoms with Crippen molar-refractivity contribution in [2.45, 2.75) is 44.1 Å². The predicted molar refractivity (Wildman–Crippen MR) is 116 cm³/mol. The van der Waals surface area contributed by atoms with Gasteiger partial charge in [-0.1, -0.05) is 42.5 Å². The lowest BCUT2D eigenvalue weighted by Gasteiger charge is -2.37. The Hall–Kier alpha value is -2.33.